The van der Waals surface area contributed by atoms with Gasteiger partial charge >= 0.3 is 5.97 Å². The summed E-state index contributed by atoms with van der Waals surface area (Å²) in [5, 5.41) is 12.4. The van der Waals surface area contributed by atoms with E-state index in [4.69, 9.17) is 9.84 Å². The number of nitrogens with one attached hydrogen (secondary N) is 1. The minimum absolute atomic E-state index is 0.156. The van der Waals surface area contributed by atoms with Crippen molar-refractivity contribution < 1.29 is 14.6 Å². The Kier molecular flexibility index (Phi) is 7.03. The Labute approximate surface area is 102 Å². The predicted molar refractivity (Wildman–Crippen MR) is 67.7 cm³/mol. The van der Waals surface area contributed by atoms with Crippen molar-refractivity contribution in [3.8, 4) is 0 Å². The van der Waals surface area contributed by atoms with Crippen LogP contribution >= 0.6 is 11.8 Å². The molecule has 0 aliphatic heterocycles. The molecule has 0 amide bonds. The molecule has 0 heterocycles. The van der Waals surface area contributed by atoms with E-state index in [0.717, 1.165) is 0 Å². The molecule has 0 bridgehead atoms. The average molecular weight is 249 g/mol. The smallest absolute Gasteiger partial charge is 0.325 e. The number of hydrogen-bond acceptors (Lipinski definition) is 5. The molecular weight excluding hydrogens is 226 g/mol. The Balaban J connectivity index is 4.36. The number of aliphatic hydroxyl groups excluding tert-OH is 1. The predicted octanol–water partition coefficient (Wildman–Crippen LogP) is 1.03. The van der Waals surface area contributed by atoms with Gasteiger partial charge in [-0.2, -0.15) is 11.8 Å². The van der Waals surface area contributed by atoms with Crippen LogP contribution in [0.5, 0.6) is 0 Å². The van der Waals surface area contributed by atoms with Crippen LogP contribution in [0.2, 0.25) is 0 Å². The summed E-state index contributed by atoms with van der Waals surface area (Å²) >= 11 is 1.67. The largest absolute Gasteiger partial charge is 0.468 e. The molecule has 4 nitrogen and oxygen atoms in total. The maximum absolute atomic E-state index is 11.6. The number of thioether (sulfide) groups is 1. The minimum atomic E-state index is -0.656. The number of ether oxygens (including phenoxy) is 1. The average Bonchev–Trinajstić information content (AvgIpc) is 2.27. The van der Waals surface area contributed by atoms with E-state index in [1.807, 2.05) is 13.8 Å². The topological polar surface area (TPSA) is 58.6 Å². The van der Waals surface area contributed by atoms with Crippen molar-refractivity contribution in [3.05, 3.63) is 0 Å². The molecule has 0 fully saturated rings. The lowest BCUT2D eigenvalue weighted by Crippen LogP contribution is -2.50. The fourth-order valence-corrected chi connectivity index (χ4v) is 2.88. The Morgan fingerprint density at radius 2 is 2.06 bits per heavy atom. The van der Waals surface area contributed by atoms with Crippen LogP contribution in [0.15, 0.2) is 0 Å². The summed E-state index contributed by atoms with van der Waals surface area (Å²) < 4.78 is 4.78. The Morgan fingerprint density at radius 1 is 1.50 bits per heavy atom. The molecule has 0 aromatic rings. The molecule has 3 atom stereocenters. The molecule has 0 aromatic carbocycles. The van der Waals surface area contributed by atoms with E-state index < -0.39 is 5.54 Å². The van der Waals surface area contributed by atoms with Crippen LogP contribution in [0.1, 0.15) is 27.2 Å². The third kappa shape index (κ3) is 4.72. The van der Waals surface area contributed by atoms with E-state index in [0.29, 0.717) is 6.42 Å². The van der Waals surface area contributed by atoms with Gasteiger partial charge in [0.05, 0.1) is 13.7 Å². The molecule has 3 unspecified atom stereocenters. The number of aliphatic hydroxyl groups is 1. The summed E-state index contributed by atoms with van der Waals surface area (Å²) in [7, 11) is 3.15. The van der Waals surface area contributed by atoms with Gasteiger partial charge in [0.15, 0.2) is 0 Å². The van der Waals surface area contributed by atoms with E-state index in [1.54, 1.807) is 18.8 Å². The van der Waals surface area contributed by atoms with Gasteiger partial charge in [-0.15, -0.1) is 0 Å². The summed E-state index contributed by atoms with van der Waals surface area (Å²) in [6.45, 7) is 6.01. The van der Waals surface area contributed by atoms with Gasteiger partial charge in [-0.1, -0.05) is 13.8 Å². The first-order valence-electron chi connectivity index (χ1n) is 5.43. The second-order valence-electron chi connectivity index (χ2n) is 4.22. The Morgan fingerprint density at radius 3 is 2.44 bits per heavy atom. The van der Waals surface area contributed by atoms with Crippen LogP contribution < -0.4 is 5.32 Å². The summed E-state index contributed by atoms with van der Waals surface area (Å²) in [6.07, 6.45) is 0.672. The van der Waals surface area contributed by atoms with E-state index >= 15 is 0 Å². The quantitative estimate of drug-likeness (QED) is 0.660. The van der Waals surface area contributed by atoms with Crippen molar-refractivity contribution in [2.24, 2.45) is 0 Å². The normalized spacial score (nSPS) is 18.6. The summed E-state index contributed by atoms with van der Waals surface area (Å²) in [6, 6.07) is 0. The van der Waals surface area contributed by atoms with Gasteiger partial charge in [-0.3, -0.25) is 4.79 Å². The highest BCUT2D eigenvalue weighted by molar-refractivity contribution is 8.00. The SMILES string of the molecule is CNC(C)(CC(C)SC(C)CO)C(=O)OC. The zero-order chi connectivity index (χ0) is 12.8. The van der Waals surface area contributed by atoms with E-state index in [9.17, 15) is 4.79 Å². The molecule has 96 valence electrons. The van der Waals surface area contributed by atoms with E-state index in [-0.39, 0.29) is 23.1 Å². The molecule has 0 saturated heterocycles. The van der Waals surface area contributed by atoms with Crippen LogP contribution in [0.25, 0.3) is 0 Å². The second-order valence-corrected chi connectivity index (χ2v) is 6.10. The number of esters is 1. The summed E-state index contributed by atoms with van der Waals surface area (Å²) in [5.41, 5.74) is -0.656. The number of carbonyl (C=O) groups is 1. The zero-order valence-electron chi connectivity index (χ0n) is 10.7. The van der Waals surface area contributed by atoms with Crippen LogP contribution in [0.4, 0.5) is 0 Å². The van der Waals surface area contributed by atoms with Gasteiger partial charge in [-0.05, 0) is 20.4 Å². The number of likely N-dealkylation sites (N-methyl/N-ethyl adjacent to an activating group) is 1. The number of rotatable bonds is 7. The van der Waals surface area contributed by atoms with Crippen LogP contribution in [0.3, 0.4) is 0 Å². The standard InChI is InChI=1S/C11H23NO3S/c1-8(16-9(2)7-13)6-11(3,12-4)10(14)15-5/h8-9,12-13H,6-7H2,1-5H3. The van der Waals surface area contributed by atoms with Gasteiger partial charge < -0.3 is 15.2 Å². The summed E-state index contributed by atoms with van der Waals surface area (Å²) in [4.78, 5) is 11.6. The van der Waals surface area contributed by atoms with E-state index in [1.165, 1.54) is 7.11 Å². The lowest BCUT2D eigenvalue weighted by Gasteiger charge is -2.29. The van der Waals surface area contributed by atoms with Gasteiger partial charge in [-0.25, -0.2) is 0 Å². The maximum atomic E-state index is 11.6. The summed E-state index contributed by atoms with van der Waals surface area (Å²) in [5.74, 6) is -0.251. The number of hydrogen-bond donors (Lipinski definition) is 2. The fraction of sp³-hybridized carbons (Fsp3) is 0.909. The highest BCUT2D eigenvalue weighted by Gasteiger charge is 2.34. The first-order valence-corrected chi connectivity index (χ1v) is 6.37. The highest BCUT2D eigenvalue weighted by atomic mass is 32.2. The van der Waals surface area contributed by atoms with Crippen molar-refractivity contribution in [2.45, 2.75) is 43.2 Å². The monoisotopic (exact) mass is 249 g/mol. The third-order valence-corrected chi connectivity index (χ3v) is 3.85. The highest BCUT2D eigenvalue weighted by Crippen LogP contribution is 2.25. The number of methoxy groups -OCH3 is 1. The molecule has 0 aromatic heterocycles. The molecule has 0 radical (unpaired) electrons. The lowest BCUT2D eigenvalue weighted by molar-refractivity contribution is -0.147. The first-order chi connectivity index (χ1) is 7.39. The van der Waals surface area contributed by atoms with Crippen LogP contribution in [-0.4, -0.2) is 47.9 Å². The molecule has 0 spiro atoms. The second kappa shape index (κ2) is 7.14. The molecule has 0 rings (SSSR count). The van der Waals surface area contributed by atoms with Crippen LogP contribution in [0, 0.1) is 0 Å². The Bertz CT molecular complexity index is 225. The lowest BCUT2D eigenvalue weighted by atomic mass is 9.96. The van der Waals surface area contributed by atoms with Gasteiger partial charge in [0, 0.05) is 10.5 Å². The minimum Gasteiger partial charge on any atom is -0.468 e. The third-order valence-electron chi connectivity index (χ3n) is 2.61. The maximum Gasteiger partial charge on any atom is 0.325 e. The molecule has 0 aliphatic rings. The number of carbonyl (C=O) groups excluding carboxylic acids is 1. The van der Waals surface area contributed by atoms with E-state index in [2.05, 4.69) is 12.2 Å². The van der Waals surface area contributed by atoms with Crippen molar-refractivity contribution in [1.82, 2.24) is 5.32 Å². The Hall–Kier alpha value is -0.260. The molecule has 0 aliphatic carbocycles. The molecule has 5 heteroatoms. The molecule has 16 heavy (non-hydrogen) atoms. The molecular formula is C11H23NO3S. The molecule has 0 saturated carbocycles. The first kappa shape index (κ1) is 15.7. The van der Waals surface area contributed by atoms with Crippen LogP contribution in [-0.2, 0) is 9.53 Å². The van der Waals surface area contributed by atoms with Crippen molar-refractivity contribution in [2.75, 3.05) is 20.8 Å². The van der Waals surface area contributed by atoms with Crippen molar-refractivity contribution in [1.29, 1.82) is 0 Å². The molecule has 2 N–H and O–H groups in total. The fourth-order valence-electron chi connectivity index (χ4n) is 1.58. The zero-order valence-corrected chi connectivity index (χ0v) is 11.6. The van der Waals surface area contributed by atoms with Crippen molar-refractivity contribution >= 4 is 17.7 Å². The van der Waals surface area contributed by atoms with Gasteiger partial charge in [0.1, 0.15) is 5.54 Å². The van der Waals surface area contributed by atoms with Gasteiger partial charge in [0.25, 0.3) is 0 Å². The van der Waals surface area contributed by atoms with Crippen molar-refractivity contribution in [3.63, 3.8) is 0 Å². The van der Waals surface area contributed by atoms with Gasteiger partial charge in [0.2, 0.25) is 0 Å².